The van der Waals surface area contributed by atoms with Gasteiger partial charge in [0.05, 0.1) is 19.6 Å². The number of nitrogens with two attached hydrogens (primary N) is 1. The fraction of sp³-hybridized carbons (Fsp3) is 0.857. The van der Waals surface area contributed by atoms with Crippen LogP contribution in [0.5, 0.6) is 0 Å². The minimum Gasteiger partial charge on any atom is -0.469 e. The molecular weight excluding hydrogens is 244 g/mol. The number of methoxy groups -OCH3 is 1. The van der Waals surface area contributed by atoms with Gasteiger partial charge in [0.15, 0.2) is 0 Å². The third-order valence-corrected chi connectivity index (χ3v) is 3.73. The number of carbonyl (C=O) groups excluding carboxylic acids is 2. The lowest BCUT2D eigenvalue weighted by Gasteiger charge is -2.36. The van der Waals surface area contributed by atoms with Gasteiger partial charge in [-0.2, -0.15) is 0 Å². The Balaban J connectivity index is 2.59. The summed E-state index contributed by atoms with van der Waals surface area (Å²) < 4.78 is 4.70. The van der Waals surface area contributed by atoms with Crippen molar-refractivity contribution in [1.29, 1.82) is 0 Å². The number of hydrogen-bond acceptors (Lipinski definition) is 4. The molecule has 1 rings (SSSR count). The molecule has 0 bridgehead atoms. The molecule has 0 aromatic carbocycles. The number of unbranched alkanes of at least 4 members (excludes halogenated alkanes) is 1. The van der Waals surface area contributed by atoms with Crippen LogP contribution >= 0.6 is 0 Å². The van der Waals surface area contributed by atoms with Gasteiger partial charge in [-0.15, -0.1) is 0 Å². The van der Waals surface area contributed by atoms with Crippen LogP contribution in [0, 0.1) is 0 Å². The summed E-state index contributed by atoms with van der Waals surface area (Å²) in [6.45, 7) is 2.79. The number of piperidine rings is 1. The number of hydrogen-bond donors (Lipinski definition) is 1. The first kappa shape index (κ1) is 16.0. The standard InChI is InChI=1S/C14H26N2O3/c1-3-4-8-12(15)14(18)16-9-6-5-7-11(16)10-13(17)19-2/h11-12H,3-10,15H2,1-2H3. The van der Waals surface area contributed by atoms with Crippen molar-refractivity contribution in [2.75, 3.05) is 13.7 Å². The van der Waals surface area contributed by atoms with E-state index >= 15 is 0 Å². The average molecular weight is 270 g/mol. The minimum atomic E-state index is -0.432. The van der Waals surface area contributed by atoms with Crippen molar-refractivity contribution in [2.24, 2.45) is 5.73 Å². The van der Waals surface area contributed by atoms with Crippen LogP contribution in [0.25, 0.3) is 0 Å². The number of amides is 1. The zero-order valence-electron chi connectivity index (χ0n) is 12.1. The Kier molecular flexibility index (Phi) is 6.84. The van der Waals surface area contributed by atoms with Crippen LogP contribution in [-0.4, -0.2) is 42.5 Å². The molecule has 1 heterocycles. The van der Waals surface area contributed by atoms with E-state index < -0.39 is 6.04 Å². The summed E-state index contributed by atoms with van der Waals surface area (Å²) in [6.07, 6.45) is 5.90. The molecule has 110 valence electrons. The highest BCUT2D eigenvalue weighted by Crippen LogP contribution is 2.21. The van der Waals surface area contributed by atoms with E-state index in [0.717, 1.165) is 38.5 Å². The van der Waals surface area contributed by atoms with Gasteiger partial charge in [0, 0.05) is 12.6 Å². The Bertz CT molecular complexity index is 307. The summed E-state index contributed by atoms with van der Waals surface area (Å²) in [7, 11) is 1.38. The first-order chi connectivity index (χ1) is 9.10. The molecule has 0 aromatic heterocycles. The number of carbonyl (C=O) groups is 2. The average Bonchev–Trinajstić information content (AvgIpc) is 2.44. The topological polar surface area (TPSA) is 72.6 Å². The maximum absolute atomic E-state index is 12.3. The molecule has 0 spiro atoms. The van der Waals surface area contributed by atoms with Crippen LogP contribution in [0.1, 0.15) is 51.9 Å². The summed E-state index contributed by atoms with van der Waals surface area (Å²) in [5.74, 6) is -0.270. The van der Waals surface area contributed by atoms with Gasteiger partial charge in [-0.25, -0.2) is 0 Å². The van der Waals surface area contributed by atoms with Gasteiger partial charge >= 0.3 is 5.97 Å². The van der Waals surface area contributed by atoms with Gasteiger partial charge in [-0.1, -0.05) is 19.8 Å². The smallest absolute Gasteiger partial charge is 0.307 e. The van der Waals surface area contributed by atoms with Gasteiger partial charge < -0.3 is 15.4 Å². The van der Waals surface area contributed by atoms with E-state index in [9.17, 15) is 9.59 Å². The largest absolute Gasteiger partial charge is 0.469 e. The molecule has 1 aliphatic heterocycles. The zero-order chi connectivity index (χ0) is 14.3. The molecule has 5 heteroatoms. The molecular formula is C14H26N2O3. The van der Waals surface area contributed by atoms with Gasteiger partial charge in [-0.05, 0) is 25.7 Å². The molecule has 1 fully saturated rings. The van der Waals surface area contributed by atoms with Crippen LogP contribution in [0.2, 0.25) is 0 Å². The van der Waals surface area contributed by atoms with Gasteiger partial charge in [-0.3, -0.25) is 9.59 Å². The van der Waals surface area contributed by atoms with Gasteiger partial charge in [0.1, 0.15) is 0 Å². The first-order valence-corrected chi connectivity index (χ1v) is 7.23. The second kappa shape index (κ2) is 8.15. The normalized spacial score (nSPS) is 21.0. The van der Waals surface area contributed by atoms with E-state index in [2.05, 4.69) is 6.92 Å². The van der Waals surface area contributed by atoms with E-state index in [4.69, 9.17) is 10.5 Å². The van der Waals surface area contributed by atoms with Crippen molar-refractivity contribution in [2.45, 2.75) is 64.0 Å². The van der Waals surface area contributed by atoms with Crippen LogP contribution in [0.15, 0.2) is 0 Å². The van der Waals surface area contributed by atoms with Crippen molar-refractivity contribution in [3.63, 3.8) is 0 Å². The highest BCUT2D eigenvalue weighted by Gasteiger charge is 2.31. The number of likely N-dealkylation sites (tertiary alicyclic amines) is 1. The van der Waals surface area contributed by atoms with Crippen molar-refractivity contribution in [1.82, 2.24) is 4.90 Å². The molecule has 0 aliphatic carbocycles. The second-order valence-corrected chi connectivity index (χ2v) is 5.21. The van der Waals surface area contributed by atoms with Crippen LogP contribution in [0.4, 0.5) is 0 Å². The van der Waals surface area contributed by atoms with Crippen molar-refractivity contribution in [3.05, 3.63) is 0 Å². The quantitative estimate of drug-likeness (QED) is 0.741. The molecule has 19 heavy (non-hydrogen) atoms. The highest BCUT2D eigenvalue weighted by molar-refractivity contribution is 5.82. The van der Waals surface area contributed by atoms with Crippen LogP contribution < -0.4 is 5.73 Å². The maximum atomic E-state index is 12.3. The maximum Gasteiger partial charge on any atom is 0.307 e. The van der Waals surface area contributed by atoms with Crippen LogP contribution in [0.3, 0.4) is 0 Å². The van der Waals surface area contributed by atoms with Gasteiger partial charge in [0.2, 0.25) is 5.91 Å². The second-order valence-electron chi connectivity index (χ2n) is 5.21. The number of nitrogens with zero attached hydrogens (tertiary/aromatic N) is 1. The predicted octanol–water partition coefficient (Wildman–Crippen LogP) is 1.45. The van der Waals surface area contributed by atoms with E-state index in [0.29, 0.717) is 6.54 Å². The van der Waals surface area contributed by atoms with E-state index in [-0.39, 0.29) is 24.3 Å². The minimum absolute atomic E-state index is 0.0120. The van der Waals surface area contributed by atoms with Gasteiger partial charge in [0.25, 0.3) is 0 Å². The lowest BCUT2D eigenvalue weighted by Crippen LogP contribution is -2.51. The molecule has 1 amide bonds. The van der Waals surface area contributed by atoms with E-state index in [1.54, 1.807) is 4.90 Å². The Labute approximate surface area is 115 Å². The predicted molar refractivity (Wildman–Crippen MR) is 73.5 cm³/mol. The van der Waals surface area contributed by atoms with Crippen molar-refractivity contribution < 1.29 is 14.3 Å². The molecule has 1 aliphatic rings. The van der Waals surface area contributed by atoms with Crippen molar-refractivity contribution >= 4 is 11.9 Å². The SMILES string of the molecule is CCCCC(N)C(=O)N1CCCCC1CC(=O)OC. The van der Waals surface area contributed by atoms with Crippen LogP contribution in [-0.2, 0) is 14.3 Å². The molecule has 2 unspecified atom stereocenters. The Morgan fingerprint density at radius 3 is 2.79 bits per heavy atom. The zero-order valence-corrected chi connectivity index (χ0v) is 12.1. The fourth-order valence-electron chi connectivity index (χ4n) is 2.54. The lowest BCUT2D eigenvalue weighted by molar-refractivity contribution is -0.145. The summed E-state index contributed by atoms with van der Waals surface area (Å²) in [4.78, 5) is 25.5. The Hall–Kier alpha value is -1.10. The molecule has 0 aromatic rings. The fourth-order valence-corrected chi connectivity index (χ4v) is 2.54. The van der Waals surface area contributed by atoms with E-state index in [1.807, 2.05) is 0 Å². The third kappa shape index (κ3) is 4.82. The molecule has 2 N–H and O–H groups in total. The lowest BCUT2D eigenvalue weighted by atomic mass is 9.97. The Morgan fingerprint density at radius 2 is 2.16 bits per heavy atom. The monoisotopic (exact) mass is 270 g/mol. The molecule has 2 atom stereocenters. The summed E-state index contributed by atoms with van der Waals surface area (Å²) >= 11 is 0. The van der Waals surface area contributed by atoms with E-state index in [1.165, 1.54) is 7.11 Å². The Morgan fingerprint density at radius 1 is 1.42 bits per heavy atom. The molecule has 1 saturated heterocycles. The number of esters is 1. The summed E-state index contributed by atoms with van der Waals surface area (Å²) in [6, 6.07) is -0.473. The molecule has 5 nitrogen and oxygen atoms in total. The number of rotatable bonds is 6. The number of ether oxygens (including phenoxy) is 1. The highest BCUT2D eigenvalue weighted by atomic mass is 16.5. The first-order valence-electron chi connectivity index (χ1n) is 7.23. The summed E-state index contributed by atoms with van der Waals surface area (Å²) in [5, 5.41) is 0. The molecule has 0 radical (unpaired) electrons. The molecule has 0 saturated carbocycles. The van der Waals surface area contributed by atoms with Crippen molar-refractivity contribution in [3.8, 4) is 0 Å². The summed E-state index contributed by atoms with van der Waals surface area (Å²) in [5.41, 5.74) is 5.95. The third-order valence-electron chi connectivity index (χ3n) is 3.73.